The van der Waals surface area contributed by atoms with Gasteiger partial charge in [0.25, 0.3) is 5.91 Å². The van der Waals surface area contributed by atoms with Gasteiger partial charge in [0.2, 0.25) is 5.95 Å². The van der Waals surface area contributed by atoms with Crippen molar-refractivity contribution < 1.29 is 14.3 Å². The average molecular weight is 404 g/mol. The van der Waals surface area contributed by atoms with Crippen LogP contribution in [0.3, 0.4) is 0 Å². The van der Waals surface area contributed by atoms with Crippen LogP contribution in [0.25, 0.3) is 11.1 Å². The number of anilines is 1. The van der Waals surface area contributed by atoms with Gasteiger partial charge in [0.05, 0.1) is 18.6 Å². The van der Waals surface area contributed by atoms with Crippen LogP contribution in [0, 0.1) is 0 Å². The Labute approximate surface area is 175 Å². The molecule has 1 amide bonds. The molecule has 3 N–H and O–H groups in total. The molecule has 0 saturated carbocycles. The molecule has 154 valence electrons. The summed E-state index contributed by atoms with van der Waals surface area (Å²) in [5.74, 6) is -0.643. The van der Waals surface area contributed by atoms with E-state index in [1.807, 2.05) is 54.6 Å². The van der Waals surface area contributed by atoms with E-state index in [4.69, 9.17) is 10.5 Å². The van der Waals surface area contributed by atoms with Gasteiger partial charge in [-0.15, -0.1) is 0 Å². The Bertz CT molecular complexity index is 974. The van der Waals surface area contributed by atoms with Gasteiger partial charge in [-0.3, -0.25) is 9.59 Å². The van der Waals surface area contributed by atoms with E-state index in [1.165, 1.54) is 12.4 Å². The molecule has 0 radical (unpaired) electrons. The third-order valence-electron chi connectivity index (χ3n) is 4.53. The zero-order valence-corrected chi connectivity index (χ0v) is 16.7. The number of rotatable bonds is 8. The van der Waals surface area contributed by atoms with Crippen LogP contribution in [-0.2, 0) is 16.0 Å². The number of carbonyl (C=O) groups excluding carboxylic acids is 2. The number of hydrogen-bond acceptors (Lipinski definition) is 6. The fraction of sp³-hybridized carbons (Fsp3) is 0.217. The molecular formula is C23H24N4O3. The summed E-state index contributed by atoms with van der Waals surface area (Å²) in [6, 6.07) is 17.7. The normalized spacial score (nSPS) is 11.5. The molecule has 3 rings (SSSR count). The van der Waals surface area contributed by atoms with E-state index in [-0.39, 0.29) is 36.4 Å². The van der Waals surface area contributed by atoms with Crippen molar-refractivity contribution in [3.63, 3.8) is 0 Å². The molecule has 1 atom stereocenters. The Morgan fingerprint density at radius 3 is 2.27 bits per heavy atom. The van der Waals surface area contributed by atoms with Gasteiger partial charge in [0.1, 0.15) is 0 Å². The minimum Gasteiger partial charge on any atom is -0.466 e. The van der Waals surface area contributed by atoms with Gasteiger partial charge in [-0.25, -0.2) is 9.97 Å². The third-order valence-corrected chi connectivity index (χ3v) is 4.53. The lowest BCUT2D eigenvalue weighted by molar-refractivity contribution is -0.143. The number of amides is 1. The maximum absolute atomic E-state index is 12.6. The first-order valence-electron chi connectivity index (χ1n) is 9.73. The highest BCUT2D eigenvalue weighted by Gasteiger charge is 2.19. The topological polar surface area (TPSA) is 107 Å². The molecule has 7 heteroatoms. The number of nitrogens with zero attached hydrogens (tertiary/aromatic N) is 2. The number of hydrogen-bond donors (Lipinski definition) is 2. The molecule has 1 aromatic heterocycles. The van der Waals surface area contributed by atoms with Gasteiger partial charge < -0.3 is 15.8 Å². The first-order chi connectivity index (χ1) is 14.5. The van der Waals surface area contributed by atoms with E-state index >= 15 is 0 Å². The smallest absolute Gasteiger partial charge is 0.307 e. The first-order valence-corrected chi connectivity index (χ1v) is 9.73. The SMILES string of the molecule is CCOC(=O)C[C@@H](Cc1ccc(-c2ccccc2)cc1)NC(=O)c1cnc(N)nc1. The molecule has 1 heterocycles. The van der Waals surface area contributed by atoms with Crippen LogP contribution in [0.15, 0.2) is 67.0 Å². The maximum atomic E-state index is 12.6. The molecule has 0 aliphatic heterocycles. The van der Waals surface area contributed by atoms with Crippen molar-refractivity contribution in [2.45, 2.75) is 25.8 Å². The molecule has 0 aliphatic rings. The molecule has 0 unspecified atom stereocenters. The minimum absolute atomic E-state index is 0.0653. The zero-order chi connectivity index (χ0) is 21.3. The van der Waals surface area contributed by atoms with Crippen LogP contribution in [0.1, 0.15) is 29.3 Å². The van der Waals surface area contributed by atoms with E-state index in [1.54, 1.807) is 6.92 Å². The monoisotopic (exact) mass is 404 g/mol. The number of benzene rings is 2. The van der Waals surface area contributed by atoms with E-state index < -0.39 is 6.04 Å². The predicted molar refractivity (Wildman–Crippen MR) is 115 cm³/mol. The number of nitrogens with one attached hydrogen (secondary N) is 1. The Morgan fingerprint density at radius 1 is 1.00 bits per heavy atom. The third kappa shape index (κ3) is 5.88. The minimum atomic E-state index is -0.434. The second-order valence-electron chi connectivity index (χ2n) is 6.78. The Balaban J connectivity index is 1.72. The van der Waals surface area contributed by atoms with Crippen LogP contribution in [0.5, 0.6) is 0 Å². The lowest BCUT2D eigenvalue weighted by Crippen LogP contribution is -2.38. The van der Waals surface area contributed by atoms with E-state index in [0.717, 1.165) is 16.7 Å². The van der Waals surface area contributed by atoms with Crippen molar-refractivity contribution >= 4 is 17.8 Å². The van der Waals surface area contributed by atoms with Crippen LogP contribution >= 0.6 is 0 Å². The van der Waals surface area contributed by atoms with Crippen molar-refractivity contribution in [2.24, 2.45) is 0 Å². The van der Waals surface area contributed by atoms with Crippen molar-refractivity contribution in [3.8, 4) is 11.1 Å². The molecule has 0 aliphatic carbocycles. The number of esters is 1. The summed E-state index contributed by atoms with van der Waals surface area (Å²) in [7, 11) is 0. The predicted octanol–water partition coefficient (Wildman–Crippen LogP) is 3.02. The summed E-state index contributed by atoms with van der Waals surface area (Å²) in [5.41, 5.74) is 8.97. The molecule has 3 aromatic rings. The molecule has 0 saturated heterocycles. The molecule has 2 aromatic carbocycles. The van der Waals surface area contributed by atoms with Crippen molar-refractivity contribution in [1.82, 2.24) is 15.3 Å². The molecular weight excluding hydrogens is 380 g/mol. The number of aromatic nitrogens is 2. The summed E-state index contributed by atoms with van der Waals surface area (Å²) in [6.45, 7) is 2.04. The average Bonchev–Trinajstić information content (AvgIpc) is 2.75. The van der Waals surface area contributed by atoms with Gasteiger partial charge in [-0.2, -0.15) is 0 Å². The molecule has 0 bridgehead atoms. The summed E-state index contributed by atoms with van der Waals surface area (Å²) in [6.07, 6.45) is 3.26. The van der Waals surface area contributed by atoms with Gasteiger partial charge in [-0.05, 0) is 30.0 Å². The van der Waals surface area contributed by atoms with Crippen LogP contribution in [0.4, 0.5) is 5.95 Å². The van der Waals surface area contributed by atoms with E-state index in [0.29, 0.717) is 6.42 Å². The quantitative estimate of drug-likeness (QED) is 0.559. The van der Waals surface area contributed by atoms with Crippen LogP contribution in [0.2, 0.25) is 0 Å². The highest BCUT2D eigenvalue weighted by atomic mass is 16.5. The fourth-order valence-corrected chi connectivity index (χ4v) is 3.07. The van der Waals surface area contributed by atoms with Crippen LogP contribution < -0.4 is 11.1 Å². The lowest BCUT2D eigenvalue weighted by Gasteiger charge is -2.18. The summed E-state index contributed by atoms with van der Waals surface area (Å²) < 4.78 is 5.06. The number of nitrogens with two attached hydrogens (primary N) is 1. The van der Waals surface area contributed by atoms with Gasteiger partial charge >= 0.3 is 5.97 Å². The fourth-order valence-electron chi connectivity index (χ4n) is 3.07. The van der Waals surface area contributed by atoms with Crippen molar-refractivity contribution in [3.05, 3.63) is 78.1 Å². The highest BCUT2D eigenvalue weighted by molar-refractivity contribution is 5.94. The molecule has 0 fully saturated rings. The van der Waals surface area contributed by atoms with E-state index in [2.05, 4.69) is 15.3 Å². The molecule has 0 spiro atoms. The largest absolute Gasteiger partial charge is 0.466 e. The second kappa shape index (κ2) is 10.2. The second-order valence-corrected chi connectivity index (χ2v) is 6.78. The van der Waals surface area contributed by atoms with E-state index in [9.17, 15) is 9.59 Å². The summed E-state index contributed by atoms with van der Waals surface area (Å²) in [4.78, 5) is 32.3. The summed E-state index contributed by atoms with van der Waals surface area (Å²) >= 11 is 0. The zero-order valence-electron chi connectivity index (χ0n) is 16.7. The van der Waals surface area contributed by atoms with Crippen LogP contribution in [-0.4, -0.2) is 34.5 Å². The Kier molecular flexibility index (Phi) is 7.10. The van der Waals surface area contributed by atoms with Gasteiger partial charge in [0.15, 0.2) is 0 Å². The first kappa shape index (κ1) is 21.0. The highest BCUT2D eigenvalue weighted by Crippen LogP contribution is 2.20. The number of carbonyl (C=O) groups is 2. The van der Waals surface area contributed by atoms with Gasteiger partial charge in [-0.1, -0.05) is 54.6 Å². The lowest BCUT2D eigenvalue weighted by atomic mass is 9.99. The number of ether oxygens (including phenoxy) is 1. The van der Waals surface area contributed by atoms with Gasteiger partial charge in [0, 0.05) is 18.4 Å². The van der Waals surface area contributed by atoms with Crippen molar-refractivity contribution in [1.29, 1.82) is 0 Å². The number of nitrogen functional groups attached to an aromatic ring is 1. The molecule has 30 heavy (non-hydrogen) atoms. The molecule has 7 nitrogen and oxygen atoms in total. The Hall–Kier alpha value is -3.74. The maximum Gasteiger partial charge on any atom is 0.307 e. The standard InChI is InChI=1S/C23H24N4O3/c1-2-30-21(28)13-20(27-22(29)19-14-25-23(24)26-15-19)12-16-8-10-18(11-9-16)17-6-4-3-5-7-17/h3-11,14-15,20H,2,12-13H2,1H3,(H,27,29)(H2,24,25,26)/t20-/m1/s1. The summed E-state index contributed by atoms with van der Waals surface area (Å²) in [5, 5.41) is 2.88. The Morgan fingerprint density at radius 2 is 1.63 bits per heavy atom. The van der Waals surface area contributed by atoms with Crippen molar-refractivity contribution in [2.75, 3.05) is 12.3 Å².